The molecule has 174 valence electrons. The van der Waals surface area contributed by atoms with Crippen LogP contribution in [0.2, 0.25) is 0 Å². The Kier molecular flexibility index (Phi) is 8.28. The number of carbonyl (C=O) groups is 1. The summed E-state index contributed by atoms with van der Waals surface area (Å²) in [5, 5.41) is 3.00. The summed E-state index contributed by atoms with van der Waals surface area (Å²) in [6.45, 7) is 7.31. The van der Waals surface area contributed by atoms with Crippen LogP contribution in [-0.2, 0) is 10.0 Å². The molecule has 0 bridgehead atoms. The van der Waals surface area contributed by atoms with Crippen molar-refractivity contribution in [2.45, 2.75) is 37.6 Å². The standard InChI is InChI=1S/C24H33N3O4S/c1-4-26(5-2)21(19-11-7-6-8-12-19)18-25-24(28)20-13-14-22(31-3)23(17-20)32(29,30)27-15-9-10-16-27/h6-8,11-14,17,21H,4-5,9-10,15-16,18H2,1-3H3,(H,25,28). The normalized spacial score (nSPS) is 15.6. The summed E-state index contributed by atoms with van der Waals surface area (Å²) in [4.78, 5) is 15.3. The summed E-state index contributed by atoms with van der Waals surface area (Å²) in [5.74, 6) is -0.0580. The minimum atomic E-state index is -3.71. The van der Waals surface area contributed by atoms with Gasteiger partial charge in [-0.25, -0.2) is 8.42 Å². The second kappa shape index (κ2) is 10.9. The molecule has 8 heteroatoms. The quantitative estimate of drug-likeness (QED) is 0.590. The number of carbonyl (C=O) groups excluding carboxylic acids is 1. The number of benzene rings is 2. The topological polar surface area (TPSA) is 79.0 Å². The van der Waals surface area contributed by atoms with Crippen molar-refractivity contribution in [3.8, 4) is 5.75 Å². The van der Waals surface area contributed by atoms with E-state index in [4.69, 9.17) is 4.74 Å². The van der Waals surface area contributed by atoms with Crippen molar-refractivity contribution in [1.82, 2.24) is 14.5 Å². The van der Waals surface area contributed by atoms with Crippen LogP contribution in [0.25, 0.3) is 0 Å². The summed E-state index contributed by atoms with van der Waals surface area (Å²) >= 11 is 0. The van der Waals surface area contributed by atoms with Crippen LogP contribution in [0.5, 0.6) is 5.75 Å². The van der Waals surface area contributed by atoms with Gasteiger partial charge in [-0.1, -0.05) is 44.2 Å². The van der Waals surface area contributed by atoms with E-state index >= 15 is 0 Å². The van der Waals surface area contributed by atoms with Gasteiger partial charge >= 0.3 is 0 Å². The fourth-order valence-corrected chi connectivity index (χ4v) is 5.87. The number of sulfonamides is 1. The molecule has 1 atom stereocenters. The Morgan fingerprint density at radius 2 is 1.75 bits per heavy atom. The summed E-state index contributed by atoms with van der Waals surface area (Å²) in [5.41, 5.74) is 1.43. The van der Waals surface area contributed by atoms with Crippen molar-refractivity contribution < 1.29 is 17.9 Å². The average molecular weight is 460 g/mol. The van der Waals surface area contributed by atoms with Crippen molar-refractivity contribution in [3.63, 3.8) is 0 Å². The van der Waals surface area contributed by atoms with E-state index in [-0.39, 0.29) is 22.6 Å². The van der Waals surface area contributed by atoms with Crippen LogP contribution in [0.15, 0.2) is 53.4 Å². The lowest BCUT2D eigenvalue weighted by atomic mass is 10.0. The van der Waals surface area contributed by atoms with Gasteiger partial charge in [0, 0.05) is 25.2 Å². The minimum absolute atomic E-state index is 0.0289. The van der Waals surface area contributed by atoms with Gasteiger partial charge < -0.3 is 10.1 Å². The highest BCUT2D eigenvalue weighted by molar-refractivity contribution is 7.89. The van der Waals surface area contributed by atoms with Gasteiger partial charge in [-0.3, -0.25) is 9.69 Å². The second-order valence-electron chi connectivity index (χ2n) is 7.83. The zero-order valence-corrected chi connectivity index (χ0v) is 19.9. The summed E-state index contributed by atoms with van der Waals surface area (Å²) in [7, 11) is -2.28. The Morgan fingerprint density at radius 1 is 1.09 bits per heavy atom. The molecule has 1 unspecified atom stereocenters. The molecule has 1 aliphatic rings. The lowest BCUT2D eigenvalue weighted by molar-refractivity contribution is 0.0934. The average Bonchev–Trinajstić information content (AvgIpc) is 3.38. The molecule has 1 fully saturated rings. The molecule has 1 amide bonds. The maximum Gasteiger partial charge on any atom is 0.251 e. The van der Waals surface area contributed by atoms with Crippen LogP contribution in [0.4, 0.5) is 0 Å². The first-order chi connectivity index (χ1) is 15.4. The number of hydrogen-bond donors (Lipinski definition) is 1. The first-order valence-corrected chi connectivity index (χ1v) is 12.6. The number of ether oxygens (including phenoxy) is 1. The van der Waals surface area contributed by atoms with Crippen molar-refractivity contribution in [3.05, 3.63) is 59.7 Å². The summed E-state index contributed by atoms with van der Waals surface area (Å²) in [6, 6.07) is 14.7. The minimum Gasteiger partial charge on any atom is -0.495 e. The van der Waals surface area contributed by atoms with E-state index in [9.17, 15) is 13.2 Å². The highest BCUT2D eigenvalue weighted by atomic mass is 32.2. The van der Waals surface area contributed by atoms with Gasteiger partial charge in [-0.05, 0) is 49.7 Å². The lowest BCUT2D eigenvalue weighted by Gasteiger charge is -2.30. The molecule has 1 N–H and O–H groups in total. The molecule has 2 aromatic rings. The first kappa shape index (κ1) is 24.2. The van der Waals surface area contributed by atoms with Crippen LogP contribution in [-0.4, -0.2) is 63.4 Å². The molecule has 0 spiro atoms. The predicted molar refractivity (Wildman–Crippen MR) is 125 cm³/mol. The number of rotatable bonds is 10. The van der Waals surface area contributed by atoms with E-state index < -0.39 is 10.0 Å². The van der Waals surface area contributed by atoms with Crippen LogP contribution in [0.3, 0.4) is 0 Å². The Bertz CT molecular complexity index is 1000. The molecule has 7 nitrogen and oxygen atoms in total. The number of likely N-dealkylation sites (N-methyl/N-ethyl adjacent to an activating group) is 1. The molecular weight excluding hydrogens is 426 g/mol. The SMILES string of the molecule is CCN(CC)C(CNC(=O)c1ccc(OC)c(S(=O)(=O)N2CCCC2)c1)c1ccccc1. The van der Waals surface area contributed by atoms with Gasteiger partial charge in [-0.15, -0.1) is 0 Å². The molecule has 1 aliphatic heterocycles. The number of nitrogens with zero attached hydrogens (tertiary/aromatic N) is 2. The number of methoxy groups -OCH3 is 1. The van der Waals surface area contributed by atoms with Gasteiger partial charge in [-0.2, -0.15) is 4.31 Å². The molecule has 2 aromatic carbocycles. The van der Waals surface area contributed by atoms with Gasteiger partial charge in [0.05, 0.1) is 13.2 Å². The maximum absolute atomic E-state index is 13.1. The van der Waals surface area contributed by atoms with Gasteiger partial charge in [0.2, 0.25) is 10.0 Å². The monoisotopic (exact) mass is 459 g/mol. The van der Waals surface area contributed by atoms with E-state index in [0.717, 1.165) is 31.5 Å². The largest absolute Gasteiger partial charge is 0.495 e. The molecule has 0 radical (unpaired) electrons. The highest BCUT2D eigenvalue weighted by Gasteiger charge is 2.31. The predicted octanol–water partition coefficient (Wildman–Crippen LogP) is 3.29. The number of nitrogens with one attached hydrogen (secondary N) is 1. The fraction of sp³-hybridized carbons (Fsp3) is 0.458. The lowest BCUT2D eigenvalue weighted by Crippen LogP contribution is -2.38. The first-order valence-electron chi connectivity index (χ1n) is 11.2. The smallest absolute Gasteiger partial charge is 0.251 e. The van der Waals surface area contributed by atoms with Crippen LogP contribution in [0, 0.1) is 0 Å². The molecular formula is C24H33N3O4S. The third kappa shape index (κ3) is 5.31. The van der Waals surface area contributed by atoms with Gasteiger partial charge in [0.25, 0.3) is 5.91 Å². The van der Waals surface area contributed by atoms with Crippen LogP contribution in [0.1, 0.15) is 48.7 Å². The van der Waals surface area contributed by atoms with Gasteiger partial charge in [0.15, 0.2) is 0 Å². The summed E-state index contributed by atoms with van der Waals surface area (Å²) < 4.78 is 33.0. The zero-order valence-electron chi connectivity index (χ0n) is 19.1. The maximum atomic E-state index is 13.1. The Hall–Kier alpha value is -2.42. The van der Waals surface area contributed by atoms with Crippen molar-refractivity contribution in [1.29, 1.82) is 0 Å². The molecule has 0 saturated carbocycles. The Morgan fingerprint density at radius 3 is 2.34 bits per heavy atom. The Balaban J connectivity index is 1.82. The van der Waals surface area contributed by atoms with Gasteiger partial charge in [0.1, 0.15) is 10.6 Å². The third-order valence-corrected chi connectivity index (χ3v) is 7.92. The molecule has 0 aromatic heterocycles. The van der Waals surface area contributed by atoms with E-state index in [0.29, 0.717) is 25.2 Å². The molecule has 1 heterocycles. The number of hydrogen-bond acceptors (Lipinski definition) is 5. The third-order valence-electron chi connectivity index (χ3n) is 6.00. The second-order valence-corrected chi connectivity index (χ2v) is 9.74. The molecule has 32 heavy (non-hydrogen) atoms. The fourth-order valence-electron chi connectivity index (χ4n) is 4.18. The van der Waals surface area contributed by atoms with Crippen molar-refractivity contribution in [2.24, 2.45) is 0 Å². The number of amides is 1. The highest BCUT2D eigenvalue weighted by Crippen LogP contribution is 2.30. The molecule has 1 saturated heterocycles. The van der Waals surface area contributed by atoms with E-state index in [1.165, 1.54) is 17.5 Å². The van der Waals surface area contributed by atoms with Crippen LogP contribution >= 0.6 is 0 Å². The van der Waals surface area contributed by atoms with E-state index in [1.54, 1.807) is 12.1 Å². The molecule has 0 aliphatic carbocycles. The zero-order chi connectivity index (χ0) is 23.1. The summed E-state index contributed by atoms with van der Waals surface area (Å²) in [6.07, 6.45) is 1.68. The molecule has 3 rings (SSSR count). The van der Waals surface area contributed by atoms with Crippen molar-refractivity contribution >= 4 is 15.9 Å². The Labute approximate surface area is 191 Å². The van der Waals surface area contributed by atoms with Crippen molar-refractivity contribution in [2.75, 3.05) is 39.8 Å². The van der Waals surface area contributed by atoms with E-state index in [2.05, 4.69) is 36.2 Å². The van der Waals surface area contributed by atoms with Crippen LogP contribution < -0.4 is 10.1 Å². The van der Waals surface area contributed by atoms with E-state index in [1.807, 2.05) is 18.2 Å².